The summed E-state index contributed by atoms with van der Waals surface area (Å²) in [6, 6.07) is 9.53. The molecule has 1 atom stereocenters. The van der Waals surface area contributed by atoms with Crippen molar-refractivity contribution in [3.05, 3.63) is 29.8 Å². The first-order valence-electron chi connectivity index (χ1n) is 6.82. The first kappa shape index (κ1) is 12.4. The van der Waals surface area contributed by atoms with E-state index < -0.39 is 0 Å². The first-order valence-corrected chi connectivity index (χ1v) is 6.82. The number of nitrogens with zero attached hydrogens (tertiary/aromatic N) is 1. The molecule has 0 saturated carbocycles. The molecule has 94 valence electrons. The highest BCUT2D eigenvalue weighted by atomic mass is 15.2. The Morgan fingerprint density at radius 3 is 2.65 bits per heavy atom. The molecule has 0 aromatic heterocycles. The van der Waals surface area contributed by atoms with Gasteiger partial charge in [0.1, 0.15) is 0 Å². The number of nitrogens with one attached hydrogen (secondary N) is 1. The van der Waals surface area contributed by atoms with Gasteiger partial charge in [-0.2, -0.15) is 0 Å². The van der Waals surface area contributed by atoms with Crippen LogP contribution in [0.1, 0.15) is 31.7 Å². The molecule has 1 heterocycles. The second-order valence-electron chi connectivity index (χ2n) is 5.06. The zero-order valence-corrected chi connectivity index (χ0v) is 11.1. The number of piperidine rings is 1. The Balaban J connectivity index is 1.84. The lowest BCUT2D eigenvalue weighted by atomic mass is 10.0. The molecule has 2 nitrogen and oxygen atoms in total. The monoisotopic (exact) mass is 232 g/mol. The lowest BCUT2D eigenvalue weighted by molar-refractivity contribution is 0.194. The lowest BCUT2D eigenvalue weighted by Gasteiger charge is -2.32. The quantitative estimate of drug-likeness (QED) is 0.858. The van der Waals surface area contributed by atoms with Crippen molar-refractivity contribution in [2.24, 2.45) is 0 Å². The normalized spacial score (nSPS) is 21.4. The Kier molecular flexibility index (Phi) is 4.43. The van der Waals surface area contributed by atoms with E-state index in [1.807, 2.05) is 0 Å². The molecule has 0 amide bonds. The van der Waals surface area contributed by atoms with Gasteiger partial charge in [-0.15, -0.1) is 0 Å². The fourth-order valence-electron chi connectivity index (χ4n) is 2.50. The Hall–Kier alpha value is -1.02. The number of benzene rings is 1. The van der Waals surface area contributed by atoms with Crippen molar-refractivity contribution < 1.29 is 0 Å². The molecule has 1 aliphatic heterocycles. The van der Waals surface area contributed by atoms with Crippen molar-refractivity contribution in [1.29, 1.82) is 0 Å². The van der Waals surface area contributed by atoms with Crippen molar-refractivity contribution in [3.63, 3.8) is 0 Å². The fourth-order valence-corrected chi connectivity index (χ4v) is 2.50. The molecule has 17 heavy (non-hydrogen) atoms. The molecule has 1 N–H and O–H groups in total. The molecule has 2 heteroatoms. The SMILES string of the molecule is CCc1ccc(NCC2CCCCN2C)cc1. The molecule has 1 aromatic carbocycles. The molecule has 2 rings (SSSR count). The summed E-state index contributed by atoms with van der Waals surface area (Å²) in [7, 11) is 2.24. The van der Waals surface area contributed by atoms with Crippen LogP contribution in [0.25, 0.3) is 0 Å². The van der Waals surface area contributed by atoms with Crippen LogP contribution >= 0.6 is 0 Å². The van der Waals surface area contributed by atoms with Crippen molar-refractivity contribution in [1.82, 2.24) is 4.90 Å². The van der Waals surface area contributed by atoms with Crippen molar-refractivity contribution >= 4 is 5.69 Å². The van der Waals surface area contributed by atoms with E-state index in [1.54, 1.807) is 0 Å². The topological polar surface area (TPSA) is 15.3 Å². The van der Waals surface area contributed by atoms with Crippen LogP contribution in [-0.2, 0) is 6.42 Å². The highest BCUT2D eigenvalue weighted by Crippen LogP contribution is 2.16. The van der Waals surface area contributed by atoms with Crippen LogP contribution in [-0.4, -0.2) is 31.1 Å². The smallest absolute Gasteiger partial charge is 0.0340 e. The molecule has 0 radical (unpaired) electrons. The Morgan fingerprint density at radius 2 is 2.00 bits per heavy atom. The van der Waals surface area contributed by atoms with E-state index in [0.717, 1.165) is 13.0 Å². The minimum absolute atomic E-state index is 0.703. The van der Waals surface area contributed by atoms with Crippen molar-refractivity contribution in [3.8, 4) is 0 Å². The van der Waals surface area contributed by atoms with Gasteiger partial charge in [0.25, 0.3) is 0 Å². The third-order valence-electron chi connectivity index (χ3n) is 3.83. The van der Waals surface area contributed by atoms with Gasteiger partial charge in [0.15, 0.2) is 0 Å². The van der Waals surface area contributed by atoms with Crippen LogP contribution in [0.4, 0.5) is 5.69 Å². The van der Waals surface area contributed by atoms with E-state index in [1.165, 1.54) is 37.1 Å². The van der Waals surface area contributed by atoms with Gasteiger partial charge in [-0.3, -0.25) is 0 Å². The maximum absolute atomic E-state index is 3.55. The number of hydrogen-bond donors (Lipinski definition) is 1. The molecule has 1 aliphatic rings. The number of aryl methyl sites for hydroxylation is 1. The standard InChI is InChI=1S/C15H24N2/c1-3-13-7-9-14(10-8-13)16-12-15-6-4-5-11-17(15)2/h7-10,15-16H,3-6,11-12H2,1-2H3. The highest BCUT2D eigenvalue weighted by Gasteiger charge is 2.17. The Labute approximate surface area is 105 Å². The first-order chi connectivity index (χ1) is 8.29. The van der Waals surface area contributed by atoms with Gasteiger partial charge in [-0.05, 0) is 50.6 Å². The number of hydrogen-bond acceptors (Lipinski definition) is 2. The molecule has 0 aliphatic carbocycles. The minimum Gasteiger partial charge on any atom is -0.383 e. The molecular weight excluding hydrogens is 208 g/mol. The van der Waals surface area contributed by atoms with E-state index in [0.29, 0.717) is 6.04 Å². The number of anilines is 1. The van der Waals surface area contributed by atoms with Crippen LogP contribution in [0, 0.1) is 0 Å². The third-order valence-corrected chi connectivity index (χ3v) is 3.83. The van der Waals surface area contributed by atoms with Gasteiger partial charge < -0.3 is 10.2 Å². The average Bonchev–Trinajstić information content (AvgIpc) is 2.38. The summed E-state index contributed by atoms with van der Waals surface area (Å²) in [6.07, 6.45) is 5.19. The summed E-state index contributed by atoms with van der Waals surface area (Å²) >= 11 is 0. The molecule has 1 saturated heterocycles. The minimum atomic E-state index is 0.703. The zero-order valence-electron chi connectivity index (χ0n) is 11.1. The zero-order chi connectivity index (χ0) is 12.1. The van der Waals surface area contributed by atoms with Gasteiger partial charge in [-0.25, -0.2) is 0 Å². The molecular formula is C15H24N2. The maximum atomic E-state index is 3.55. The summed E-state index contributed by atoms with van der Waals surface area (Å²) in [5.41, 5.74) is 2.66. The summed E-state index contributed by atoms with van der Waals surface area (Å²) in [5, 5.41) is 3.55. The van der Waals surface area contributed by atoms with E-state index in [9.17, 15) is 0 Å². The maximum Gasteiger partial charge on any atom is 0.0340 e. The van der Waals surface area contributed by atoms with Gasteiger partial charge in [0.05, 0.1) is 0 Å². The van der Waals surface area contributed by atoms with E-state index in [4.69, 9.17) is 0 Å². The van der Waals surface area contributed by atoms with Crippen LogP contribution in [0.3, 0.4) is 0 Å². The molecule has 1 fully saturated rings. The summed E-state index contributed by atoms with van der Waals surface area (Å²) < 4.78 is 0. The van der Waals surface area contributed by atoms with Crippen LogP contribution in [0.2, 0.25) is 0 Å². The summed E-state index contributed by atoms with van der Waals surface area (Å²) in [5.74, 6) is 0. The van der Waals surface area contributed by atoms with Gasteiger partial charge >= 0.3 is 0 Å². The molecule has 1 unspecified atom stereocenters. The van der Waals surface area contributed by atoms with Gasteiger partial charge in [-0.1, -0.05) is 25.5 Å². The van der Waals surface area contributed by atoms with E-state index >= 15 is 0 Å². The number of rotatable bonds is 4. The highest BCUT2D eigenvalue weighted by molar-refractivity contribution is 5.44. The predicted octanol–water partition coefficient (Wildman–Crippen LogP) is 3.15. The number of likely N-dealkylation sites (tertiary alicyclic amines) is 1. The second kappa shape index (κ2) is 6.06. The molecule has 0 spiro atoms. The van der Waals surface area contributed by atoms with Crippen molar-refractivity contribution in [2.75, 3.05) is 25.5 Å². The second-order valence-corrected chi connectivity index (χ2v) is 5.06. The van der Waals surface area contributed by atoms with Gasteiger partial charge in [0, 0.05) is 18.3 Å². The molecule has 0 bridgehead atoms. The summed E-state index contributed by atoms with van der Waals surface area (Å²) in [6.45, 7) is 4.52. The van der Waals surface area contributed by atoms with Gasteiger partial charge in [0.2, 0.25) is 0 Å². The Bertz CT molecular complexity index is 331. The van der Waals surface area contributed by atoms with E-state index in [-0.39, 0.29) is 0 Å². The largest absolute Gasteiger partial charge is 0.383 e. The lowest BCUT2D eigenvalue weighted by Crippen LogP contribution is -2.40. The van der Waals surface area contributed by atoms with Crippen molar-refractivity contribution in [2.45, 2.75) is 38.6 Å². The van der Waals surface area contributed by atoms with Crippen LogP contribution in [0.15, 0.2) is 24.3 Å². The average molecular weight is 232 g/mol. The fraction of sp³-hybridized carbons (Fsp3) is 0.600. The third kappa shape index (κ3) is 3.47. The van der Waals surface area contributed by atoms with Crippen LogP contribution in [0.5, 0.6) is 0 Å². The number of likely N-dealkylation sites (N-methyl/N-ethyl adjacent to an activating group) is 1. The van der Waals surface area contributed by atoms with Crippen LogP contribution < -0.4 is 5.32 Å². The molecule has 1 aromatic rings. The Morgan fingerprint density at radius 1 is 1.24 bits per heavy atom. The predicted molar refractivity (Wildman–Crippen MR) is 74.6 cm³/mol. The summed E-state index contributed by atoms with van der Waals surface area (Å²) in [4.78, 5) is 2.48. The van der Waals surface area contributed by atoms with E-state index in [2.05, 4.69) is 48.5 Å².